The molecule has 2 aromatic heterocycles. The van der Waals surface area contributed by atoms with E-state index in [0.717, 1.165) is 28.4 Å². The Bertz CT molecular complexity index is 591. The topological polar surface area (TPSA) is 62.2 Å². The van der Waals surface area contributed by atoms with Crippen LogP contribution >= 0.6 is 22.7 Å². The Balaban J connectivity index is 1.74. The van der Waals surface area contributed by atoms with Gasteiger partial charge in [-0.3, -0.25) is 4.79 Å². The lowest BCUT2D eigenvalue weighted by Gasteiger charge is -2.21. The van der Waals surface area contributed by atoms with E-state index < -0.39 is 0 Å². The maximum Gasteiger partial charge on any atom is 0.226 e. The highest BCUT2D eigenvalue weighted by Gasteiger charge is 2.15. The van der Waals surface area contributed by atoms with Crippen molar-refractivity contribution >= 4 is 28.6 Å². The van der Waals surface area contributed by atoms with Crippen LogP contribution in [-0.4, -0.2) is 29.1 Å². The molecule has 0 spiro atoms. The first-order valence-corrected chi connectivity index (χ1v) is 9.12. The summed E-state index contributed by atoms with van der Waals surface area (Å²) in [4.78, 5) is 17.6. The van der Waals surface area contributed by atoms with Gasteiger partial charge < -0.3 is 10.4 Å². The number of aliphatic hydroxyl groups excluding tert-OH is 1. The Morgan fingerprint density at radius 1 is 1.41 bits per heavy atom. The molecule has 2 heterocycles. The molecule has 22 heavy (non-hydrogen) atoms. The molecular formula is C16H22N2O2S2. The number of nitrogens with zero attached hydrogens (tertiary/aromatic N) is 1. The van der Waals surface area contributed by atoms with Gasteiger partial charge in [-0.15, -0.1) is 22.7 Å². The van der Waals surface area contributed by atoms with Gasteiger partial charge in [0, 0.05) is 18.5 Å². The molecule has 2 aromatic rings. The summed E-state index contributed by atoms with van der Waals surface area (Å²) in [5, 5.41) is 17.1. The molecule has 0 aromatic carbocycles. The number of amides is 1. The SMILES string of the molecule is CC(C)(CO)CCCNC(=O)Cc1csc(-c2cccs2)n1. The predicted octanol–water partition coefficient (Wildman–Crippen LogP) is 3.33. The molecule has 0 saturated carbocycles. The molecule has 0 atom stereocenters. The molecule has 6 heteroatoms. The van der Waals surface area contributed by atoms with E-state index in [1.807, 2.05) is 36.7 Å². The van der Waals surface area contributed by atoms with E-state index in [1.165, 1.54) is 0 Å². The number of nitrogens with one attached hydrogen (secondary N) is 1. The minimum absolute atomic E-state index is 0.00448. The van der Waals surface area contributed by atoms with E-state index in [4.69, 9.17) is 0 Å². The van der Waals surface area contributed by atoms with E-state index in [0.29, 0.717) is 13.0 Å². The zero-order chi connectivity index (χ0) is 16.0. The van der Waals surface area contributed by atoms with Gasteiger partial charge in [-0.1, -0.05) is 19.9 Å². The molecule has 0 aliphatic rings. The van der Waals surface area contributed by atoms with Crippen LogP contribution in [0.2, 0.25) is 0 Å². The van der Waals surface area contributed by atoms with E-state index in [2.05, 4.69) is 10.3 Å². The Morgan fingerprint density at radius 2 is 2.23 bits per heavy atom. The molecule has 0 unspecified atom stereocenters. The van der Waals surface area contributed by atoms with Crippen molar-refractivity contribution in [1.29, 1.82) is 0 Å². The van der Waals surface area contributed by atoms with Crippen molar-refractivity contribution in [1.82, 2.24) is 10.3 Å². The number of thiophene rings is 1. The molecule has 1 amide bonds. The average Bonchev–Trinajstić information content (AvgIpc) is 3.14. The number of hydrogen-bond acceptors (Lipinski definition) is 5. The zero-order valence-corrected chi connectivity index (χ0v) is 14.6. The smallest absolute Gasteiger partial charge is 0.226 e. The van der Waals surface area contributed by atoms with E-state index >= 15 is 0 Å². The first-order chi connectivity index (χ1) is 10.5. The van der Waals surface area contributed by atoms with Gasteiger partial charge in [0.1, 0.15) is 5.01 Å². The fraction of sp³-hybridized carbons (Fsp3) is 0.500. The van der Waals surface area contributed by atoms with Crippen molar-refractivity contribution in [2.45, 2.75) is 33.1 Å². The summed E-state index contributed by atoms with van der Waals surface area (Å²) in [5.41, 5.74) is 0.747. The van der Waals surface area contributed by atoms with Crippen LogP contribution < -0.4 is 5.32 Å². The van der Waals surface area contributed by atoms with Gasteiger partial charge >= 0.3 is 0 Å². The fourth-order valence-corrected chi connectivity index (χ4v) is 3.64. The second kappa shape index (κ2) is 7.85. The normalized spacial score (nSPS) is 11.6. The van der Waals surface area contributed by atoms with Crippen LogP contribution in [0.15, 0.2) is 22.9 Å². The van der Waals surface area contributed by atoms with Gasteiger partial charge in [0.05, 0.1) is 17.0 Å². The number of carbonyl (C=O) groups excluding carboxylic acids is 1. The fourth-order valence-electron chi connectivity index (χ4n) is 2.00. The van der Waals surface area contributed by atoms with Gasteiger partial charge in [0.15, 0.2) is 0 Å². The summed E-state index contributed by atoms with van der Waals surface area (Å²) < 4.78 is 0. The van der Waals surface area contributed by atoms with Gasteiger partial charge in [-0.25, -0.2) is 4.98 Å². The Labute approximate surface area is 139 Å². The standard InChI is InChI=1S/C16H22N2O2S2/c1-16(2,11-19)6-4-7-17-14(20)9-12-10-22-15(18-12)13-5-3-8-21-13/h3,5,8,10,19H,4,6-7,9,11H2,1-2H3,(H,17,20). The molecular weight excluding hydrogens is 316 g/mol. The third kappa shape index (κ3) is 5.19. The lowest BCUT2D eigenvalue weighted by Crippen LogP contribution is -2.27. The number of hydrogen-bond donors (Lipinski definition) is 2. The van der Waals surface area contributed by atoms with Crippen molar-refractivity contribution in [2.75, 3.05) is 13.2 Å². The third-order valence-electron chi connectivity index (χ3n) is 3.41. The van der Waals surface area contributed by atoms with Crippen LogP contribution in [0.4, 0.5) is 0 Å². The summed E-state index contributed by atoms with van der Waals surface area (Å²) in [5.74, 6) is 0.00448. The number of thiazole rings is 1. The molecule has 0 bridgehead atoms. The van der Waals surface area contributed by atoms with Crippen LogP contribution in [0.25, 0.3) is 9.88 Å². The van der Waals surface area contributed by atoms with Crippen molar-refractivity contribution in [3.8, 4) is 9.88 Å². The summed E-state index contributed by atoms with van der Waals surface area (Å²) in [6.45, 7) is 4.86. The Kier molecular flexibility index (Phi) is 6.11. The van der Waals surface area contributed by atoms with Crippen molar-refractivity contribution in [2.24, 2.45) is 5.41 Å². The monoisotopic (exact) mass is 338 g/mol. The lowest BCUT2D eigenvalue weighted by atomic mass is 9.89. The quantitative estimate of drug-likeness (QED) is 0.726. The highest BCUT2D eigenvalue weighted by molar-refractivity contribution is 7.20. The maximum absolute atomic E-state index is 11.9. The second-order valence-corrected chi connectivity index (χ2v) is 7.88. The van der Waals surface area contributed by atoms with Gasteiger partial charge in [-0.05, 0) is 29.7 Å². The highest BCUT2D eigenvalue weighted by Crippen LogP contribution is 2.27. The summed E-state index contributed by atoms with van der Waals surface area (Å²) in [6.07, 6.45) is 2.09. The second-order valence-electron chi connectivity index (χ2n) is 6.07. The van der Waals surface area contributed by atoms with Crippen LogP contribution in [0, 0.1) is 5.41 Å². The Hall–Kier alpha value is -1.24. The van der Waals surface area contributed by atoms with Crippen LogP contribution in [0.3, 0.4) is 0 Å². The molecule has 0 radical (unpaired) electrons. The van der Waals surface area contributed by atoms with E-state index in [1.54, 1.807) is 22.7 Å². The van der Waals surface area contributed by atoms with Crippen LogP contribution in [-0.2, 0) is 11.2 Å². The Morgan fingerprint density at radius 3 is 2.91 bits per heavy atom. The minimum Gasteiger partial charge on any atom is -0.396 e. The number of carbonyl (C=O) groups is 1. The largest absolute Gasteiger partial charge is 0.396 e. The molecule has 0 aliphatic carbocycles. The van der Waals surface area contributed by atoms with Crippen LogP contribution in [0.5, 0.6) is 0 Å². The predicted molar refractivity (Wildman–Crippen MR) is 92.2 cm³/mol. The molecule has 120 valence electrons. The number of rotatable bonds is 8. The van der Waals surface area contributed by atoms with Crippen LogP contribution in [0.1, 0.15) is 32.4 Å². The first kappa shape index (κ1) is 17.1. The van der Waals surface area contributed by atoms with Crippen molar-refractivity contribution in [3.05, 3.63) is 28.6 Å². The zero-order valence-electron chi connectivity index (χ0n) is 13.0. The first-order valence-electron chi connectivity index (χ1n) is 7.36. The van der Waals surface area contributed by atoms with Gasteiger partial charge in [-0.2, -0.15) is 0 Å². The number of aromatic nitrogens is 1. The molecule has 0 saturated heterocycles. The van der Waals surface area contributed by atoms with Crippen molar-refractivity contribution in [3.63, 3.8) is 0 Å². The number of aliphatic hydroxyl groups is 1. The maximum atomic E-state index is 11.9. The van der Waals surface area contributed by atoms with E-state index in [9.17, 15) is 9.90 Å². The molecule has 4 nitrogen and oxygen atoms in total. The summed E-state index contributed by atoms with van der Waals surface area (Å²) in [7, 11) is 0. The summed E-state index contributed by atoms with van der Waals surface area (Å²) in [6, 6.07) is 4.04. The van der Waals surface area contributed by atoms with Gasteiger partial charge in [0.25, 0.3) is 0 Å². The summed E-state index contributed by atoms with van der Waals surface area (Å²) >= 11 is 3.23. The molecule has 0 aliphatic heterocycles. The van der Waals surface area contributed by atoms with Crippen molar-refractivity contribution < 1.29 is 9.90 Å². The minimum atomic E-state index is -0.0742. The molecule has 0 fully saturated rings. The van der Waals surface area contributed by atoms with E-state index in [-0.39, 0.29) is 17.9 Å². The lowest BCUT2D eigenvalue weighted by molar-refractivity contribution is -0.120. The third-order valence-corrected chi connectivity index (χ3v) is 5.34. The van der Waals surface area contributed by atoms with Gasteiger partial charge in [0.2, 0.25) is 5.91 Å². The molecule has 2 N–H and O–H groups in total. The average molecular weight is 338 g/mol. The highest BCUT2D eigenvalue weighted by atomic mass is 32.1. The molecule has 2 rings (SSSR count).